The summed E-state index contributed by atoms with van der Waals surface area (Å²) in [5.74, 6) is 2.10. The summed E-state index contributed by atoms with van der Waals surface area (Å²) in [6, 6.07) is 11.0. The number of hydrogen-bond donors (Lipinski definition) is 2. The van der Waals surface area contributed by atoms with E-state index in [2.05, 4.69) is 20.8 Å². The number of nitrogens with one attached hydrogen (secondary N) is 2. The van der Waals surface area contributed by atoms with Crippen molar-refractivity contribution in [2.24, 2.45) is 0 Å². The Hall–Kier alpha value is -3.39. The van der Waals surface area contributed by atoms with Gasteiger partial charge in [0.05, 0.1) is 28.7 Å². The van der Waals surface area contributed by atoms with E-state index in [-0.39, 0.29) is 5.91 Å². The summed E-state index contributed by atoms with van der Waals surface area (Å²) < 4.78 is 7.45. The fourth-order valence-electron chi connectivity index (χ4n) is 3.64. The third-order valence-electron chi connectivity index (χ3n) is 5.30. The summed E-state index contributed by atoms with van der Waals surface area (Å²) in [6.07, 6.45) is 1.67. The highest BCUT2D eigenvalue weighted by Gasteiger charge is 2.15. The molecule has 0 atom stereocenters. The standard InChI is InChI=1S/C23H25ClN6O2/c1-14-12-18-19(13-20(14)32-3)30-15(2)28-29-22(30)21(27-18)25-10-6-7-11-26-23(31)16-8-4-5-9-17(16)24/h4-5,8-9,12-13H,6-7,10-11H2,1-3H3,(H,25,27)(H,26,31). The first kappa shape index (κ1) is 21.8. The molecule has 0 unspecified atom stereocenters. The molecule has 0 spiro atoms. The predicted molar refractivity (Wildman–Crippen MR) is 126 cm³/mol. The number of halogens is 1. The number of aromatic nitrogens is 4. The van der Waals surface area contributed by atoms with E-state index >= 15 is 0 Å². The number of benzene rings is 2. The van der Waals surface area contributed by atoms with Crippen LogP contribution >= 0.6 is 11.6 Å². The fourth-order valence-corrected chi connectivity index (χ4v) is 3.86. The maximum atomic E-state index is 12.2. The van der Waals surface area contributed by atoms with Crippen LogP contribution in [0.4, 0.5) is 5.82 Å². The lowest BCUT2D eigenvalue weighted by Crippen LogP contribution is -2.25. The van der Waals surface area contributed by atoms with Crippen LogP contribution in [-0.2, 0) is 0 Å². The second-order valence-electron chi connectivity index (χ2n) is 7.55. The van der Waals surface area contributed by atoms with Gasteiger partial charge in [0.2, 0.25) is 5.65 Å². The Labute approximate surface area is 191 Å². The van der Waals surface area contributed by atoms with Gasteiger partial charge < -0.3 is 15.4 Å². The number of anilines is 1. The van der Waals surface area contributed by atoms with E-state index < -0.39 is 0 Å². The fraction of sp³-hybridized carbons (Fsp3) is 0.304. The molecule has 0 saturated carbocycles. The van der Waals surface area contributed by atoms with Gasteiger partial charge in [-0.2, -0.15) is 0 Å². The van der Waals surface area contributed by atoms with Crippen LogP contribution in [0, 0.1) is 13.8 Å². The topological polar surface area (TPSA) is 93.4 Å². The zero-order valence-electron chi connectivity index (χ0n) is 18.3. The van der Waals surface area contributed by atoms with Crippen molar-refractivity contribution in [2.45, 2.75) is 26.7 Å². The Kier molecular flexibility index (Phi) is 6.41. The lowest BCUT2D eigenvalue weighted by molar-refractivity contribution is 0.0953. The molecule has 2 N–H and O–H groups in total. The van der Waals surface area contributed by atoms with Crippen LogP contribution < -0.4 is 15.4 Å². The van der Waals surface area contributed by atoms with Crippen LogP contribution in [0.2, 0.25) is 5.02 Å². The molecule has 166 valence electrons. The largest absolute Gasteiger partial charge is 0.496 e. The Morgan fingerprint density at radius 2 is 1.91 bits per heavy atom. The van der Waals surface area contributed by atoms with E-state index in [0.29, 0.717) is 35.1 Å². The maximum Gasteiger partial charge on any atom is 0.252 e. The van der Waals surface area contributed by atoms with Crippen LogP contribution in [0.1, 0.15) is 34.6 Å². The molecule has 32 heavy (non-hydrogen) atoms. The van der Waals surface area contributed by atoms with Gasteiger partial charge in [-0.25, -0.2) is 4.98 Å². The first-order valence-corrected chi connectivity index (χ1v) is 10.8. The number of unbranched alkanes of at least 4 members (excludes halogenated alkanes) is 1. The zero-order valence-corrected chi connectivity index (χ0v) is 19.0. The Morgan fingerprint density at radius 1 is 1.12 bits per heavy atom. The first-order valence-electron chi connectivity index (χ1n) is 10.5. The van der Waals surface area contributed by atoms with Crippen molar-refractivity contribution < 1.29 is 9.53 Å². The average molecular weight is 453 g/mol. The van der Waals surface area contributed by atoms with E-state index in [4.69, 9.17) is 21.3 Å². The Bertz CT molecular complexity index is 1290. The molecule has 2 heterocycles. The van der Waals surface area contributed by atoms with Gasteiger partial charge in [0, 0.05) is 19.2 Å². The lowest BCUT2D eigenvalue weighted by Gasteiger charge is -2.12. The molecular formula is C23H25ClN6O2. The highest BCUT2D eigenvalue weighted by atomic mass is 35.5. The number of carbonyl (C=O) groups excluding carboxylic acids is 1. The van der Waals surface area contributed by atoms with E-state index in [1.165, 1.54) is 0 Å². The van der Waals surface area contributed by atoms with Crippen molar-refractivity contribution in [3.63, 3.8) is 0 Å². The molecule has 0 fully saturated rings. The summed E-state index contributed by atoms with van der Waals surface area (Å²) in [6.45, 7) is 5.16. The Morgan fingerprint density at radius 3 is 2.69 bits per heavy atom. The van der Waals surface area contributed by atoms with Crippen LogP contribution in [0.25, 0.3) is 16.7 Å². The quantitative estimate of drug-likeness (QED) is 0.389. The summed E-state index contributed by atoms with van der Waals surface area (Å²) in [5.41, 5.74) is 3.92. The maximum absolute atomic E-state index is 12.2. The molecule has 2 aromatic heterocycles. The second kappa shape index (κ2) is 9.40. The lowest BCUT2D eigenvalue weighted by atomic mass is 10.2. The molecule has 0 aliphatic heterocycles. The van der Waals surface area contributed by atoms with Gasteiger partial charge in [-0.05, 0) is 50.5 Å². The molecule has 4 aromatic rings. The zero-order chi connectivity index (χ0) is 22.7. The summed E-state index contributed by atoms with van der Waals surface area (Å²) >= 11 is 6.07. The van der Waals surface area contributed by atoms with Crippen molar-refractivity contribution in [1.82, 2.24) is 24.9 Å². The third-order valence-corrected chi connectivity index (χ3v) is 5.63. The number of hydrogen-bond acceptors (Lipinski definition) is 6. The van der Waals surface area contributed by atoms with Crippen molar-refractivity contribution in [2.75, 3.05) is 25.5 Å². The molecule has 4 rings (SSSR count). The summed E-state index contributed by atoms with van der Waals surface area (Å²) in [5, 5.41) is 15.3. The van der Waals surface area contributed by atoms with Crippen molar-refractivity contribution in [1.29, 1.82) is 0 Å². The molecular weight excluding hydrogens is 428 g/mol. The van der Waals surface area contributed by atoms with Gasteiger partial charge in [-0.15, -0.1) is 10.2 Å². The molecule has 0 bridgehead atoms. The first-order chi connectivity index (χ1) is 15.5. The normalized spacial score (nSPS) is 11.1. The molecule has 0 saturated heterocycles. The molecule has 2 aromatic carbocycles. The van der Waals surface area contributed by atoms with Crippen molar-refractivity contribution in [3.05, 3.63) is 58.4 Å². The smallest absolute Gasteiger partial charge is 0.252 e. The number of fused-ring (bicyclic) bond motifs is 3. The Balaban J connectivity index is 1.40. The van der Waals surface area contributed by atoms with Crippen molar-refractivity contribution >= 4 is 40.0 Å². The second-order valence-corrected chi connectivity index (χ2v) is 7.95. The number of nitrogens with zero attached hydrogens (tertiary/aromatic N) is 4. The van der Waals surface area contributed by atoms with Gasteiger partial charge in [0.25, 0.3) is 5.91 Å². The average Bonchev–Trinajstić information content (AvgIpc) is 3.17. The minimum Gasteiger partial charge on any atom is -0.496 e. The SMILES string of the molecule is COc1cc2c(cc1C)nc(NCCCCNC(=O)c1ccccc1Cl)c1nnc(C)n12. The number of aryl methyl sites for hydroxylation is 2. The number of carbonyl (C=O) groups is 1. The molecule has 0 aliphatic rings. The van der Waals surface area contributed by atoms with Gasteiger partial charge in [0.15, 0.2) is 5.82 Å². The minimum atomic E-state index is -0.161. The van der Waals surface area contributed by atoms with Crippen molar-refractivity contribution in [3.8, 4) is 5.75 Å². The number of methoxy groups -OCH3 is 1. The van der Waals surface area contributed by atoms with Crippen LogP contribution in [0.3, 0.4) is 0 Å². The molecule has 0 radical (unpaired) electrons. The van der Waals surface area contributed by atoms with Gasteiger partial charge in [-0.1, -0.05) is 23.7 Å². The molecule has 8 nitrogen and oxygen atoms in total. The van der Waals surface area contributed by atoms with E-state index in [9.17, 15) is 4.79 Å². The van der Waals surface area contributed by atoms with Crippen LogP contribution in [0.15, 0.2) is 36.4 Å². The van der Waals surface area contributed by atoms with Crippen LogP contribution in [0.5, 0.6) is 5.75 Å². The number of amides is 1. The molecule has 9 heteroatoms. The summed E-state index contributed by atoms with van der Waals surface area (Å²) in [4.78, 5) is 17.0. The van der Waals surface area contributed by atoms with E-state index in [1.54, 1.807) is 31.4 Å². The van der Waals surface area contributed by atoms with E-state index in [0.717, 1.165) is 41.0 Å². The van der Waals surface area contributed by atoms with Crippen LogP contribution in [-0.4, -0.2) is 45.7 Å². The monoisotopic (exact) mass is 452 g/mol. The highest BCUT2D eigenvalue weighted by Crippen LogP contribution is 2.28. The van der Waals surface area contributed by atoms with E-state index in [1.807, 2.05) is 30.4 Å². The van der Waals surface area contributed by atoms with Gasteiger partial charge in [-0.3, -0.25) is 9.20 Å². The molecule has 1 amide bonds. The predicted octanol–water partition coefficient (Wildman–Crippen LogP) is 4.18. The third kappa shape index (κ3) is 4.31. The van der Waals surface area contributed by atoms with Gasteiger partial charge in [0.1, 0.15) is 11.6 Å². The number of ether oxygens (including phenoxy) is 1. The molecule has 0 aliphatic carbocycles. The number of rotatable bonds is 8. The van der Waals surface area contributed by atoms with Gasteiger partial charge >= 0.3 is 0 Å². The summed E-state index contributed by atoms with van der Waals surface area (Å²) in [7, 11) is 1.66. The minimum absolute atomic E-state index is 0.161. The highest BCUT2D eigenvalue weighted by molar-refractivity contribution is 6.33.